The molecule has 2 aromatic heterocycles. The van der Waals surface area contributed by atoms with Crippen LogP contribution in [0.1, 0.15) is 25.5 Å². The second kappa shape index (κ2) is 7.78. The van der Waals surface area contributed by atoms with E-state index in [4.69, 9.17) is 4.74 Å². The third-order valence-corrected chi connectivity index (χ3v) is 3.38. The maximum Gasteiger partial charge on any atom is 0.0943 e. The van der Waals surface area contributed by atoms with Crippen LogP contribution in [-0.2, 0) is 11.8 Å². The highest BCUT2D eigenvalue weighted by atomic mass is 16.5. The van der Waals surface area contributed by atoms with Crippen molar-refractivity contribution < 1.29 is 4.74 Å². The van der Waals surface area contributed by atoms with Crippen LogP contribution in [-0.4, -0.2) is 40.8 Å². The van der Waals surface area contributed by atoms with Crippen LogP contribution in [0.25, 0.3) is 0 Å². The average Bonchev–Trinajstić information content (AvgIpc) is 3.00. The summed E-state index contributed by atoms with van der Waals surface area (Å²) in [6, 6.07) is 4.28. The van der Waals surface area contributed by atoms with Crippen LogP contribution in [0.3, 0.4) is 0 Å². The zero-order chi connectivity index (χ0) is 15.1. The first kappa shape index (κ1) is 15.5. The first-order valence-electron chi connectivity index (χ1n) is 7.37. The Kier molecular flexibility index (Phi) is 5.75. The molecule has 3 heterocycles. The van der Waals surface area contributed by atoms with Crippen molar-refractivity contribution in [3.8, 4) is 0 Å². The summed E-state index contributed by atoms with van der Waals surface area (Å²) in [5.41, 5.74) is 2.37. The van der Waals surface area contributed by atoms with E-state index in [-0.39, 0.29) is 0 Å². The second-order valence-corrected chi connectivity index (χ2v) is 5.42. The van der Waals surface area contributed by atoms with Gasteiger partial charge in [-0.2, -0.15) is 0 Å². The smallest absolute Gasteiger partial charge is 0.0943 e. The maximum atomic E-state index is 5.32. The summed E-state index contributed by atoms with van der Waals surface area (Å²) in [5.74, 6) is 0.503. The Morgan fingerprint density at radius 2 is 1.95 bits per heavy atom. The first-order chi connectivity index (χ1) is 10.2. The molecule has 0 N–H and O–H groups in total. The maximum absolute atomic E-state index is 5.32. The van der Waals surface area contributed by atoms with Crippen LogP contribution in [0.4, 0.5) is 5.69 Å². The molecule has 0 aromatic carbocycles. The molecule has 1 fully saturated rings. The van der Waals surface area contributed by atoms with Gasteiger partial charge in [0.25, 0.3) is 0 Å². The average molecular weight is 288 g/mol. The van der Waals surface area contributed by atoms with E-state index < -0.39 is 0 Å². The molecule has 0 bridgehead atoms. The van der Waals surface area contributed by atoms with Crippen molar-refractivity contribution in [2.24, 2.45) is 7.05 Å². The molecule has 1 aliphatic rings. The summed E-state index contributed by atoms with van der Waals surface area (Å²) in [6.07, 6.45) is 7.36. The van der Waals surface area contributed by atoms with Gasteiger partial charge in [0.1, 0.15) is 0 Å². The molecular weight excluding hydrogens is 264 g/mol. The van der Waals surface area contributed by atoms with Gasteiger partial charge in [0.2, 0.25) is 0 Å². The normalized spacial score (nSPS) is 14.8. The summed E-state index contributed by atoms with van der Waals surface area (Å²) < 4.78 is 7.21. The molecule has 1 saturated heterocycles. The van der Waals surface area contributed by atoms with Gasteiger partial charge in [-0.05, 0) is 18.1 Å². The number of aromatic nitrogens is 3. The predicted octanol–water partition coefficient (Wildman–Crippen LogP) is 2.46. The number of imidazole rings is 1. The van der Waals surface area contributed by atoms with E-state index in [1.165, 1.54) is 5.69 Å². The number of pyridine rings is 1. The Balaban J connectivity index is 0.000000225. The minimum Gasteiger partial charge on any atom is -0.378 e. The lowest BCUT2D eigenvalue weighted by Gasteiger charge is -2.28. The Morgan fingerprint density at radius 1 is 1.19 bits per heavy atom. The molecule has 2 aromatic rings. The molecule has 5 nitrogen and oxygen atoms in total. The molecule has 0 amide bonds. The lowest BCUT2D eigenvalue weighted by molar-refractivity contribution is 0.122. The molecule has 0 aliphatic carbocycles. The molecule has 114 valence electrons. The molecule has 3 rings (SSSR count). The van der Waals surface area contributed by atoms with E-state index in [2.05, 4.69) is 40.8 Å². The standard InChI is InChI=1S/C12H18N2O.C4H6N2/c1-10(2)12-4-3-11(9-13-12)14-5-7-15-8-6-14;1-6-3-2-5-4-6/h3-4,9-10H,5-8H2,1-2H3;2-4H,1H3. The van der Waals surface area contributed by atoms with Crippen LogP contribution in [0.2, 0.25) is 0 Å². The molecule has 21 heavy (non-hydrogen) atoms. The third-order valence-electron chi connectivity index (χ3n) is 3.38. The van der Waals surface area contributed by atoms with Gasteiger partial charge in [0, 0.05) is 38.2 Å². The van der Waals surface area contributed by atoms with Crippen molar-refractivity contribution in [1.29, 1.82) is 0 Å². The number of rotatable bonds is 2. The Hall–Kier alpha value is -1.88. The van der Waals surface area contributed by atoms with Crippen molar-refractivity contribution >= 4 is 5.69 Å². The largest absolute Gasteiger partial charge is 0.378 e. The van der Waals surface area contributed by atoms with E-state index in [9.17, 15) is 0 Å². The molecule has 0 saturated carbocycles. The second-order valence-electron chi connectivity index (χ2n) is 5.42. The molecule has 5 heteroatoms. The van der Waals surface area contributed by atoms with Crippen molar-refractivity contribution in [1.82, 2.24) is 14.5 Å². The fourth-order valence-electron chi connectivity index (χ4n) is 2.07. The number of anilines is 1. The molecule has 0 atom stereocenters. The minimum atomic E-state index is 0.503. The van der Waals surface area contributed by atoms with E-state index in [1.807, 2.05) is 24.0 Å². The SMILES string of the molecule is CC(C)c1ccc(N2CCOCC2)cn1.Cn1ccnc1. The third kappa shape index (κ3) is 4.86. The van der Waals surface area contributed by atoms with Gasteiger partial charge in [0.05, 0.1) is 31.4 Å². The zero-order valence-corrected chi connectivity index (χ0v) is 13.1. The highest BCUT2D eigenvalue weighted by Gasteiger charge is 2.11. The van der Waals surface area contributed by atoms with Gasteiger partial charge in [-0.15, -0.1) is 0 Å². The fourth-order valence-corrected chi connectivity index (χ4v) is 2.07. The van der Waals surface area contributed by atoms with Gasteiger partial charge >= 0.3 is 0 Å². The van der Waals surface area contributed by atoms with E-state index in [0.717, 1.165) is 32.0 Å². The Labute approximate surface area is 126 Å². The quantitative estimate of drug-likeness (QED) is 0.851. The highest BCUT2D eigenvalue weighted by molar-refractivity contribution is 5.45. The van der Waals surface area contributed by atoms with Crippen LogP contribution in [0.15, 0.2) is 37.1 Å². The lowest BCUT2D eigenvalue weighted by atomic mass is 10.1. The Bertz CT molecular complexity index is 502. The lowest BCUT2D eigenvalue weighted by Crippen LogP contribution is -2.36. The number of nitrogens with zero attached hydrogens (tertiary/aromatic N) is 4. The fraction of sp³-hybridized carbons (Fsp3) is 0.500. The Morgan fingerprint density at radius 3 is 2.38 bits per heavy atom. The van der Waals surface area contributed by atoms with E-state index >= 15 is 0 Å². The van der Waals surface area contributed by atoms with Gasteiger partial charge < -0.3 is 14.2 Å². The molecular formula is C16H24N4O. The van der Waals surface area contributed by atoms with Crippen molar-refractivity contribution in [2.75, 3.05) is 31.2 Å². The highest BCUT2D eigenvalue weighted by Crippen LogP contribution is 2.17. The summed E-state index contributed by atoms with van der Waals surface area (Å²) in [7, 11) is 1.94. The number of aryl methyl sites for hydroxylation is 1. The predicted molar refractivity (Wildman–Crippen MR) is 84.6 cm³/mol. The number of hydrogen-bond acceptors (Lipinski definition) is 4. The van der Waals surface area contributed by atoms with Crippen LogP contribution in [0.5, 0.6) is 0 Å². The number of hydrogen-bond donors (Lipinski definition) is 0. The molecule has 0 radical (unpaired) electrons. The number of morpholine rings is 1. The summed E-state index contributed by atoms with van der Waals surface area (Å²) in [6.45, 7) is 7.93. The molecule has 0 spiro atoms. The van der Waals surface area contributed by atoms with Crippen molar-refractivity contribution in [2.45, 2.75) is 19.8 Å². The summed E-state index contributed by atoms with van der Waals surface area (Å²) >= 11 is 0. The summed E-state index contributed by atoms with van der Waals surface area (Å²) in [4.78, 5) is 10.6. The van der Waals surface area contributed by atoms with E-state index in [0.29, 0.717) is 5.92 Å². The van der Waals surface area contributed by atoms with Gasteiger partial charge in [-0.3, -0.25) is 4.98 Å². The van der Waals surface area contributed by atoms with Gasteiger partial charge in [-0.1, -0.05) is 13.8 Å². The van der Waals surface area contributed by atoms with E-state index in [1.54, 1.807) is 12.5 Å². The van der Waals surface area contributed by atoms with Crippen molar-refractivity contribution in [3.63, 3.8) is 0 Å². The molecule has 1 aliphatic heterocycles. The molecule has 0 unspecified atom stereocenters. The van der Waals surface area contributed by atoms with Gasteiger partial charge in [-0.25, -0.2) is 4.98 Å². The minimum absolute atomic E-state index is 0.503. The van der Waals surface area contributed by atoms with Gasteiger partial charge in [0.15, 0.2) is 0 Å². The van der Waals surface area contributed by atoms with Crippen LogP contribution in [0, 0.1) is 0 Å². The first-order valence-corrected chi connectivity index (χ1v) is 7.37. The topological polar surface area (TPSA) is 43.2 Å². The van der Waals surface area contributed by atoms with Crippen molar-refractivity contribution in [3.05, 3.63) is 42.7 Å². The number of ether oxygens (including phenoxy) is 1. The monoisotopic (exact) mass is 288 g/mol. The van der Waals surface area contributed by atoms with Crippen LogP contribution < -0.4 is 4.90 Å². The zero-order valence-electron chi connectivity index (χ0n) is 13.1. The summed E-state index contributed by atoms with van der Waals surface area (Å²) in [5, 5.41) is 0. The van der Waals surface area contributed by atoms with Crippen LogP contribution >= 0.6 is 0 Å².